The summed E-state index contributed by atoms with van der Waals surface area (Å²) >= 11 is 0. The molecule has 1 aromatic rings. The lowest BCUT2D eigenvalue weighted by Crippen LogP contribution is -2.44. The summed E-state index contributed by atoms with van der Waals surface area (Å²) < 4.78 is 26.9. The maximum atomic E-state index is 12.6. The van der Waals surface area contributed by atoms with Crippen molar-refractivity contribution in [1.29, 1.82) is 0 Å². The van der Waals surface area contributed by atoms with Crippen LogP contribution in [0.1, 0.15) is 36.8 Å². The molecule has 0 N–H and O–H groups in total. The molecule has 2 aliphatic heterocycles. The summed E-state index contributed by atoms with van der Waals surface area (Å²) in [5, 5.41) is 0. The summed E-state index contributed by atoms with van der Waals surface area (Å²) in [6.07, 6.45) is 4.79. The SMILES string of the molecule is Cc1ccc(C2CCN(S(=O)(=O)C[C@]3(C)C=NC=N3)CC2)cc1. The Hall–Kier alpha value is -1.53. The number of aryl methyl sites for hydroxylation is 1. The smallest absolute Gasteiger partial charge is 0.216 e. The molecule has 0 spiro atoms. The van der Waals surface area contributed by atoms with E-state index in [9.17, 15) is 8.42 Å². The van der Waals surface area contributed by atoms with E-state index in [4.69, 9.17) is 0 Å². The van der Waals surface area contributed by atoms with Crippen LogP contribution in [0.5, 0.6) is 0 Å². The minimum Gasteiger partial charge on any atom is -0.260 e. The van der Waals surface area contributed by atoms with E-state index in [0.717, 1.165) is 12.8 Å². The molecule has 6 heteroatoms. The van der Waals surface area contributed by atoms with Crippen LogP contribution in [0.3, 0.4) is 0 Å². The summed E-state index contributed by atoms with van der Waals surface area (Å²) in [6.45, 7) is 5.04. The maximum Gasteiger partial charge on any atom is 0.216 e. The number of hydrogen-bond donors (Lipinski definition) is 0. The predicted molar refractivity (Wildman–Crippen MR) is 93.9 cm³/mol. The molecule has 23 heavy (non-hydrogen) atoms. The van der Waals surface area contributed by atoms with Crippen LogP contribution in [-0.4, -0.2) is 49.7 Å². The van der Waals surface area contributed by atoms with E-state index in [0.29, 0.717) is 19.0 Å². The van der Waals surface area contributed by atoms with Gasteiger partial charge < -0.3 is 0 Å². The van der Waals surface area contributed by atoms with Gasteiger partial charge in [0.2, 0.25) is 10.0 Å². The van der Waals surface area contributed by atoms with Gasteiger partial charge in [-0.25, -0.2) is 17.7 Å². The minimum atomic E-state index is -3.31. The van der Waals surface area contributed by atoms with Gasteiger partial charge in [-0.05, 0) is 38.2 Å². The van der Waals surface area contributed by atoms with Crippen LogP contribution in [0.4, 0.5) is 0 Å². The van der Waals surface area contributed by atoms with Gasteiger partial charge in [0, 0.05) is 19.3 Å². The van der Waals surface area contributed by atoms with Crippen LogP contribution < -0.4 is 0 Å². The fourth-order valence-corrected chi connectivity index (χ4v) is 5.07. The van der Waals surface area contributed by atoms with Gasteiger partial charge >= 0.3 is 0 Å². The van der Waals surface area contributed by atoms with Gasteiger partial charge in [-0.2, -0.15) is 0 Å². The summed E-state index contributed by atoms with van der Waals surface area (Å²) in [5.41, 5.74) is 1.85. The number of sulfonamides is 1. The molecule has 0 bridgehead atoms. The molecule has 1 atom stereocenters. The standard InChI is InChI=1S/C17H23N3O2S/c1-14-3-5-15(6-4-14)16-7-9-20(10-8-16)23(21,22)12-17(2)11-18-13-19-17/h3-6,11,13,16H,7-10,12H2,1-2H3/t17-/m0/s1. The van der Waals surface area contributed by atoms with Gasteiger partial charge in [0.25, 0.3) is 0 Å². The minimum absolute atomic E-state index is 0.00476. The van der Waals surface area contributed by atoms with E-state index in [2.05, 4.69) is 41.2 Å². The molecule has 1 saturated heterocycles. The van der Waals surface area contributed by atoms with Crippen LogP contribution in [0, 0.1) is 6.92 Å². The first kappa shape index (κ1) is 16.3. The molecular formula is C17H23N3O2S. The molecule has 124 valence electrons. The van der Waals surface area contributed by atoms with Crippen molar-refractivity contribution in [3.8, 4) is 0 Å². The highest BCUT2D eigenvalue weighted by Gasteiger charge is 2.35. The van der Waals surface area contributed by atoms with E-state index in [-0.39, 0.29) is 5.75 Å². The number of nitrogens with zero attached hydrogens (tertiary/aromatic N) is 3. The summed E-state index contributed by atoms with van der Waals surface area (Å²) in [6, 6.07) is 8.57. The fraction of sp³-hybridized carbons (Fsp3) is 0.529. The zero-order valence-corrected chi connectivity index (χ0v) is 14.5. The van der Waals surface area contributed by atoms with Gasteiger partial charge in [-0.3, -0.25) is 4.99 Å². The highest BCUT2D eigenvalue weighted by molar-refractivity contribution is 7.89. The van der Waals surface area contributed by atoms with Crippen LogP contribution in [0.2, 0.25) is 0 Å². The van der Waals surface area contributed by atoms with Crippen molar-refractivity contribution in [3.63, 3.8) is 0 Å². The van der Waals surface area contributed by atoms with E-state index in [1.54, 1.807) is 17.4 Å². The van der Waals surface area contributed by atoms with Gasteiger partial charge in [-0.1, -0.05) is 29.8 Å². The molecule has 1 fully saturated rings. The van der Waals surface area contributed by atoms with Gasteiger partial charge in [0.15, 0.2) is 0 Å². The van der Waals surface area contributed by atoms with Gasteiger partial charge in [-0.15, -0.1) is 0 Å². The molecule has 0 saturated carbocycles. The zero-order valence-electron chi connectivity index (χ0n) is 13.6. The third kappa shape index (κ3) is 3.70. The van der Waals surface area contributed by atoms with Crippen LogP contribution in [0.25, 0.3) is 0 Å². The quantitative estimate of drug-likeness (QED) is 0.849. The topological polar surface area (TPSA) is 62.1 Å². The van der Waals surface area contributed by atoms with Crippen LogP contribution >= 0.6 is 0 Å². The van der Waals surface area contributed by atoms with Crippen molar-refractivity contribution in [2.45, 2.75) is 38.1 Å². The number of hydrogen-bond acceptors (Lipinski definition) is 4. The predicted octanol–water partition coefficient (Wildman–Crippen LogP) is 2.38. The maximum absolute atomic E-state index is 12.6. The lowest BCUT2D eigenvalue weighted by atomic mass is 9.90. The van der Waals surface area contributed by atoms with Crippen molar-refractivity contribution in [3.05, 3.63) is 35.4 Å². The lowest BCUT2D eigenvalue weighted by Gasteiger charge is -2.33. The van der Waals surface area contributed by atoms with Crippen molar-refractivity contribution >= 4 is 22.6 Å². The Morgan fingerprint density at radius 1 is 1.22 bits per heavy atom. The molecular weight excluding hydrogens is 310 g/mol. The largest absolute Gasteiger partial charge is 0.260 e. The number of rotatable bonds is 4. The normalized spacial score (nSPS) is 26.0. The molecule has 0 unspecified atom stereocenters. The number of aliphatic imine (C=N–C) groups is 2. The Morgan fingerprint density at radius 3 is 2.43 bits per heavy atom. The summed E-state index contributed by atoms with van der Waals surface area (Å²) in [7, 11) is -3.31. The fourth-order valence-electron chi connectivity index (χ4n) is 3.23. The molecule has 0 aromatic heterocycles. The molecule has 1 aromatic carbocycles. The first-order valence-electron chi connectivity index (χ1n) is 8.00. The van der Waals surface area contributed by atoms with Gasteiger partial charge in [0.05, 0.1) is 5.75 Å². The number of piperidine rings is 1. The molecule has 2 aliphatic rings. The second-order valence-electron chi connectivity index (χ2n) is 6.72. The highest BCUT2D eigenvalue weighted by Crippen LogP contribution is 2.30. The summed E-state index contributed by atoms with van der Waals surface area (Å²) in [5.74, 6) is 0.443. The highest BCUT2D eigenvalue weighted by atomic mass is 32.2. The van der Waals surface area contributed by atoms with Crippen molar-refractivity contribution in [1.82, 2.24) is 4.31 Å². The molecule has 0 radical (unpaired) electrons. The van der Waals surface area contributed by atoms with Crippen molar-refractivity contribution in [2.75, 3.05) is 18.8 Å². The first-order valence-corrected chi connectivity index (χ1v) is 9.61. The van der Waals surface area contributed by atoms with Crippen molar-refractivity contribution in [2.24, 2.45) is 9.98 Å². The van der Waals surface area contributed by atoms with E-state index >= 15 is 0 Å². The second-order valence-corrected chi connectivity index (χ2v) is 8.69. The molecule has 3 rings (SSSR count). The van der Waals surface area contributed by atoms with E-state index < -0.39 is 15.6 Å². The monoisotopic (exact) mass is 333 g/mol. The van der Waals surface area contributed by atoms with Gasteiger partial charge in [0.1, 0.15) is 11.9 Å². The Labute approximate surface area is 138 Å². The van der Waals surface area contributed by atoms with Crippen molar-refractivity contribution < 1.29 is 8.42 Å². The average molecular weight is 333 g/mol. The zero-order chi connectivity index (χ0) is 16.5. The van der Waals surface area contributed by atoms with E-state index in [1.807, 2.05) is 0 Å². The van der Waals surface area contributed by atoms with Crippen LogP contribution in [-0.2, 0) is 10.0 Å². The Kier molecular flexibility index (Phi) is 4.38. The Balaban J connectivity index is 1.63. The molecule has 0 amide bonds. The molecule has 0 aliphatic carbocycles. The molecule has 2 heterocycles. The molecule has 5 nitrogen and oxygen atoms in total. The Bertz CT molecular complexity index is 703. The third-order valence-corrected chi connectivity index (χ3v) is 6.74. The number of benzene rings is 1. The summed E-state index contributed by atoms with van der Waals surface area (Å²) in [4.78, 5) is 8.09. The average Bonchev–Trinajstić information content (AvgIpc) is 2.93. The first-order chi connectivity index (χ1) is 10.9. The lowest BCUT2D eigenvalue weighted by molar-refractivity contribution is 0.318. The van der Waals surface area contributed by atoms with E-state index in [1.165, 1.54) is 17.5 Å². The second kappa shape index (κ2) is 6.17. The third-order valence-electron chi connectivity index (χ3n) is 4.64. The van der Waals surface area contributed by atoms with Crippen LogP contribution in [0.15, 0.2) is 34.3 Å². The Morgan fingerprint density at radius 2 is 1.87 bits per heavy atom.